The van der Waals surface area contributed by atoms with Crippen molar-refractivity contribution in [2.75, 3.05) is 6.61 Å². The van der Waals surface area contributed by atoms with E-state index in [1.165, 1.54) is 0 Å². The summed E-state index contributed by atoms with van der Waals surface area (Å²) in [5.74, 6) is -0.584. The summed E-state index contributed by atoms with van der Waals surface area (Å²) in [6, 6.07) is 6.67. The lowest BCUT2D eigenvalue weighted by Gasteiger charge is -2.08. The van der Waals surface area contributed by atoms with Crippen molar-refractivity contribution in [3.63, 3.8) is 0 Å². The molecule has 16 heavy (non-hydrogen) atoms. The van der Waals surface area contributed by atoms with E-state index in [-0.39, 0.29) is 11.9 Å². The first kappa shape index (κ1) is 11.4. The van der Waals surface area contributed by atoms with Gasteiger partial charge in [0.2, 0.25) is 0 Å². The van der Waals surface area contributed by atoms with Gasteiger partial charge in [0.15, 0.2) is 0 Å². The topological polar surface area (TPSA) is 55.4 Å². The smallest absolute Gasteiger partial charge is 0.328 e. The highest BCUT2D eigenvalue weighted by Gasteiger charge is 2.28. The predicted molar refractivity (Wildman–Crippen MR) is 66.0 cm³/mol. The number of hydrogen-bond donors (Lipinski definition) is 1. The van der Waals surface area contributed by atoms with E-state index in [1.54, 1.807) is 12.1 Å². The van der Waals surface area contributed by atoms with Crippen molar-refractivity contribution in [3.05, 3.63) is 33.4 Å². The Morgan fingerprint density at radius 1 is 1.38 bits per heavy atom. The Bertz CT molecular complexity index is 416. The van der Waals surface area contributed by atoms with Crippen LogP contribution in [0.5, 0.6) is 0 Å². The van der Waals surface area contributed by atoms with Gasteiger partial charge in [-0.2, -0.15) is 0 Å². The number of amides is 1. The molecule has 0 aliphatic carbocycles. The number of carbonyl (C=O) groups excluding carboxylic acids is 2. The second-order valence-electron chi connectivity index (χ2n) is 3.49. The maximum atomic E-state index is 11.7. The summed E-state index contributed by atoms with van der Waals surface area (Å²) in [6.07, 6.45) is 0.551. The Hall–Kier alpha value is -1.11. The van der Waals surface area contributed by atoms with Crippen LogP contribution in [0.4, 0.5) is 0 Å². The number of cyclic esters (lactones) is 1. The average Bonchev–Trinajstić information content (AvgIpc) is 2.65. The summed E-state index contributed by atoms with van der Waals surface area (Å²) in [6.45, 7) is 0.385. The lowest BCUT2D eigenvalue weighted by molar-refractivity contribution is -0.139. The number of hydrogen-bond acceptors (Lipinski definition) is 3. The molecule has 1 heterocycles. The van der Waals surface area contributed by atoms with Crippen LogP contribution in [0.1, 0.15) is 16.8 Å². The minimum absolute atomic E-state index is 0.236. The zero-order valence-electron chi connectivity index (χ0n) is 8.40. The highest BCUT2D eigenvalue weighted by molar-refractivity contribution is 14.1. The minimum Gasteiger partial charge on any atom is -0.464 e. The van der Waals surface area contributed by atoms with Crippen molar-refractivity contribution in [1.82, 2.24) is 5.32 Å². The Labute approximate surface area is 106 Å². The van der Waals surface area contributed by atoms with Crippen LogP contribution in [0.25, 0.3) is 0 Å². The zero-order valence-corrected chi connectivity index (χ0v) is 10.6. The molecule has 2 rings (SSSR count). The Kier molecular flexibility index (Phi) is 3.42. The van der Waals surface area contributed by atoms with E-state index < -0.39 is 6.04 Å². The van der Waals surface area contributed by atoms with Crippen LogP contribution in [-0.4, -0.2) is 24.5 Å². The maximum Gasteiger partial charge on any atom is 0.328 e. The first-order valence-corrected chi connectivity index (χ1v) is 5.98. The third-order valence-corrected chi connectivity index (χ3v) is 3.07. The van der Waals surface area contributed by atoms with Crippen molar-refractivity contribution in [3.8, 4) is 0 Å². The van der Waals surface area contributed by atoms with Gasteiger partial charge in [-0.25, -0.2) is 4.79 Å². The van der Waals surface area contributed by atoms with Gasteiger partial charge in [0, 0.05) is 15.6 Å². The number of esters is 1. The van der Waals surface area contributed by atoms with Gasteiger partial charge in [0.1, 0.15) is 6.04 Å². The molecule has 1 fully saturated rings. The first-order chi connectivity index (χ1) is 7.66. The summed E-state index contributed by atoms with van der Waals surface area (Å²) >= 11 is 2.17. The van der Waals surface area contributed by atoms with Crippen LogP contribution in [0.3, 0.4) is 0 Å². The van der Waals surface area contributed by atoms with Gasteiger partial charge >= 0.3 is 5.97 Å². The molecule has 1 aromatic rings. The number of ether oxygens (including phenoxy) is 1. The molecule has 1 atom stereocenters. The molecule has 1 aliphatic rings. The van der Waals surface area contributed by atoms with Crippen molar-refractivity contribution >= 4 is 34.5 Å². The van der Waals surface area contributed by atoms with Crippen molar-refractivity contribution in [2.45, 2.75) is 12.5 Å². The molecule has 0 saturated carbocycles. The van der Waals surface area contributed by atoms with Gasteiger partial charge in [-0.1, -0.05) is 0 Å². The monoisotopic (exact) mass is 331 g/mol. The average molecular weight is 331 g/mol. The van der Waals surface area contributed by atoms with E-state index in [0.29, 0.717) is 18.6 Å². The third kappa shape index (κ3) is 2.52. The van der Waals surface area contributed by atoms with E-state index >= 15 is 0 Å². The van der Waals surface area contributed by atoms with Gasteiger partial charge < -0.3 is 10.1 Å². The fourth-order valence-electron chi connectivity index (χ4n) is 1.47. The SMILES string of the molecule is O=C(NC1CCOC1=O)c1ccc(I)cc1. The van der Waals surface area contributed by atoms with Gasteiger partial charge in [-0.3, -0.25) is 4.79 Å². The summed E-state index contributed by atoms with van der Waals surface area (Å²) in [4.78, 5) is 22.9. The highest BCUT2D eigenvalue weighted by atomic mass is 127. The molecule has 0 radical (unpaired) electrons. The predicted octanol–water partition coefficient (Wildman–Crippen LogP) is 1.34. The molecular weight excluding hydrogens is 321 g/mol. The lowest BCUT2D eigenvalue weighted by Crippen LogP contribution is -2.37. The zero-order chi connectivity index (χ0) is 11.5. The van der Waals surface area contributed by atoms with E-state index in [9.17, 15) is 9.59 Å². The third-order valence-electron chi connectivity index (χ3n) is 2.35. The number of nitrogens with one attached hydrogen (secondary N) is 1. The van der Waals surface area contributed by atoms with Crippen LogP contribution in [0.2, 0.25) is 0 Å². The quantitative estimate of drug-likeness (QED) is 0.657. The Balaban J connectivity index is 2.02. The van der Waals surface area contributed by atoms with Gasteiger partial charge in [-0.15, -0.1) is 0 Å². The van der Waals surface area contributed by atoms with E-state index in [2.05, 4.69) is 27.9 Å². The van der Waals surface area contributed by atoms with Crippen LogP contribution in [0.15, 0.2) is 24.3 Å². The summed E-state index contributed by atoms with van der Waals surface area (Å²) in [5, 5.41) is 2.65. The molecule has 1 amide bonds. The van der Waals surface area contributed by atoms with E-state index in [4.69, 9.17) is 4.74 Å². The summed E-state index contributed by atoms with van der Waals surface area (Å²) < 4.78 is 5.83. The van der Waals surface area contributed by atoms with Crippen molar-refractivity contribution in [2.24, 2.45) is 0 Å². The number of halogens is 1. The second-order valence-corrected chi connectivity index (χ2v) is 4.73. The summed E-state index contributed by atoms with van der Waals surface area (Å²) in [7, 11) is 0. The summed E-state index contributed by atoms with van der Waals surface area (Å²) in [5.41, 5.74) is 0.556. The normalized spacial score (nSPS) is 19.3. The molecule has 1 saturated heterocycles. The Morgan fingerprint density at radius 3 is 2.62 bits per heavy atom. The first-order valence-electron chi connectivity index (χ1n) is 4.90. The molecule has 84 valence electrons. The van der Waals surface area contributed by atoms with Crippen LogP contribution in [0, 0.1) is 3.57 Å². The fourth-order valence-corrected chi connectivity index (χ4v) is 1.83. The van der Waals surface area contributed by atoms with Crippen molar-refractivity contribution in [1.29, 1.82) is 0 Å². The molecular formula is C11H10INO3. The molecule has 1 unspecified atom stereocenters. The van der Waals surface area contributed by atoms with E-state index in [1.807, 2.05) is 12.1 Å². The largest absolute Gasteiger partial charge is 0.464 e. The fraction of sp³-hybridized carbons (Fsp3) is 0.273. The minimum atomic E-state index is -0.494. The molecule has 5 heteroatoms. The van der Waals surface area contributed by atoms with Crippen LogP contribution >= 0.6 is 22.6 Å². The highest BCUT2D eigenvalue weighted by Crippen LogP contribution is 2.09. The van der Waals surface area contributed by atoms with Gasteiger partial charge in [0.05, 0.1) is 6.61 Å². The molecule has 1 aromatic carbocycles. The molecule has 1 aliphatic heterocycles. The number of rotatable bonds is 2. The number of carbonyl (C=O) groups is 2. The lowest BCUT2D eigenvalue weighted by atomic mass is 10.2. The molecule has 0 spiro atoms. The van der Waals surface area contributed by atoms with Crippen LogP contribution in [-0.2, 0) is 9.53 Å². The van der Waals surface area contributed by atoms with E-state index in [0.717, 1.165) is 3.57 Å². The molecule has 4 nitrogen and oxygen atoms in total. The molecule has 0 aromatic heterocycles. The Morgan fingerprint density at radius 2 is 2.06 bits per heavy atom. The standard InChI is InChI=1S/C11H10INO3/c12-8-3-1-7(2-4-8)10(14)13-9-5-6-16-11(9)15/h1-4,9H,5-6H2,(H,13,14). The molecule has 1 N–H and O–H groups in total. The second kappa shape index (κ2) is 4.82. The van der Waals surface area contributed by atoms with Crippen molar-refractivity contribution < 1.29 is 14.3 Å². The van der Waals surface area contributed by atoms with Gasteiger partial charge in [-0.05, 0) is 46.9 Å². The number of benzene rings is 1. The van der Waals surface area contributed by atoms with Gasteiger partial charge in [0.25, 0.3) is 5.91 Å². The van der Waals surface area contributed by atoms with Crippen LogP contribution < -0.4 is 5.32 Å². The molecule has 0 bridgehead atoms. The maximum absolute atomic E-state index is 11.7.